The molecule has 21 heavy (non-hydrogen) atoms. The highest BCUT2D eigenvalue weighted by Crippen LogP contribution is 2.23. The number of ether oxygens (including phenoxy) is 2. The van der Waals surface area contributed by atoms with Gasteiger partial charge in [0.25, 0.3) is 0 Å². The maximum absolute atomic E-state index is 12.7. The Morgan fingerprint density at radius 3 is 2.33 bits per heavy atom. The van der Waals surface area contributed by atoms with E-state index in [0.29, 0.717) is 0 Å². The van der Waals surface area contributed by atoms with Crippen LogP contribution < -0.4 is 0 Å². The number of hydrogen-bond donors (Lipinski definition) is 1. The molecule has 6 nitrogen and oxygen atoms in total. The number of rotatable bonds is 7. The second kappa shape index (κ2) is 7.55. The predicted molar refractivity (Wildman–Crippen MR) is 60.3 cm³/mol. The molecule has 1 fully saturated rings. The largest absolute Gasteiger partial charge is 0.481 e. The topological polar surface area (TPSA) is 76.1 Å². The number of carbonyl (C=O) groups excluding carboxylic acids is 1. The maximum Gasteiger partial charge on any atom is 0.340 e. The Balaban J connectivity index is 2.64. The van der Waals surface area contributed by atoms with E-state index in [2.05, 4.69) is 4.74 Å². The highest BCUT2D eigenvalue weighted by atomic mass is 19.3. The molecule has 122 valence electrons. The van der Waals surface area contributed by atoms with E-state index in [1.165, 1.54) is 4.90 Å². The van der Waals surface area contributed by atoms with Gasteiger partial charge in [-0.3, -0.25) is 14.5 Å². The highest BCUT2D eigenvalue weighted by Gasteiger charge is 2.43. The van der Waals surface area contributed by atoms with Crippen LogP contribution in [0.4, 0.5) is 17.6 Å². The van der Waals surface area contributed by atoms with Gasteiger partial charge in [-0.25, -0.2) is 8.78 Å². The molecule has 0 aliphatic carbocycles. The van der Waals surface area contributed by atoms with Crippen molar-refractivity contribution in [1.29, 1.82) is 0 Å². The van der Waals surface area contributed by atoms with Crippen molar-refractivity contribution in [2.45, 2.75) is 24.8 Å². The molecule has 1 aliphatic rings. The van der Waals surface area contributed by atoms with E-state index in [9.17, 15) is 27.2 Å². The minimum Gasteiger partial charge on any atom is -0.481 e. The smallest absolute Gasteiger partial charge is 0.340 e. The number of nitrogens with zero attached hydrogens (tertiary/aromatic N) is 1. The van der Waals surface area contributed by atoms with Gasteiger partial charge < -0.3 is 14.6 Å². The monoisotopic (exact) mass is 317 g/mol. The fraction of sp³-hybridized carbons (Fsp3) is 0.818. The third-order valence-electron chi connectivity index (χ3n) is 2.85. The van der Waals surface area contributed by atoms with Gasteiger partial charge in [-0.15, -0.1) is 0 Å². The van der Waals surface area contributed by atoms with E-state index in [1.54, 1.807) is 0 Å². The molecule has 1 unspecified atom stereocenters. The quantitative estimate of drug-likeness (QED) is 0.547. The number of halogens is 4. The highest BCUT2D eigenvalue weighted by molar-refractivity contribution is 5.82. The molecular weight excluding hydrogens is 302 g/mol. The van der Waals surface area contributed by atoms with Crippen molar-refractivity contribution in [3.8, 4) is 0 Å². The molecule has 0 aromatic rings. The fourth-order valence-electron chi connectivity index (χ4n) is 1.74. The molecule has 0 aromatic heterocycles. The number of carbonyl (C=O) groups is 2. The predicted octanol–water partition coefficient (Wildman–Crippen LogP) is 0.606. The average molecular weight is 317 g/mol. The average Bonchev–Trinajstić information content (AvgIpc) is 2.43. The van der Waals surface area contributed by atoms with Gasteiger partial charge in [0.15, 0.2) is 6.61 Å². The molecule has 1 atom stereocenters. The van der Waals surface area contributed by atoms with E-state index >= 15 is 0 Å². The molecule has 10 heteroatoms. The van der Waals surface area contributed by atoms with Crippen molar-refractivity contribution in [2.24, 2.45) is 0 Å². The molecule has 1 rings (SSSR count). The molecular formula is C11H15F4NO5. The Labute approximate surface area is 117 Å². The van der Waals surface area contributed by atoms with E-state index < -0.39 is 43.4 Å². The lowest BCUT2D eigenvalue weighted by atomic mass is 10.1. The van der Waals surface area contributed by atoms with Crippen molar-refractivity contribution in [3.05, 3.63) is 0 Å². The second-order valence-electron chi connectivity index (χ2n) is 4.43. The van der Waals surface area contributed by atoms with E-state index in [1.807, 2.05) is 0 Å². The Kier molecular flexibility index (Phi) is 6.34. The van der Waals surface area contributed by atoms with Crippen LogP contribution >= 0.6 is 0 Å². The summed E-state index contributed by atoms with van der Waals surface area (Å²) in [4.78, 5) is 23.8. The molecule has 0 amide bonds. The molecule has 1 saturated heterocycles. The summed E-state index contributed by atoms with van der Waals surface area (Å²) in [5.74, 6) is -7.06. The van der Waals surface area contributed by atoms with Crippen molar-refractivity contribution < 1.29 is 41.7 Å². The zero-order valence-corrected chi connectivity index (χ0v) is 10.9. The minimum absolute atomic E-state index is 0.221. The van der Waals surface area contributed by atoms with Crippen molar-refractivity contribution >= 4 is 11.9 Å². The van der Waals surface area contributed by atoms with Gasteiger partial charge >= 0.3 is 24.3 Å². The van der Waals surface area contributed by atoms with Crippen molar-refractivity contribution in [3.63, 3.8) is 0 Å². The maximum atomic E-state index is 12.7. The first-order valence-electron chi connectivity index (χ1n) is 6.10. The van der Waals surface area contributed by atoms with Crippen molar-refractivity contribution in [1.82, 2.24) is 4.90 Å². The third kappa shape index (κ3) is 5.46. The van der Waals surface area contributed by atoms with Crippen LogP contribution in [0.15, 0.2) is 0 Å². The third-order valence-corrected chi connectivity index (χ3v) is 2.85. The molecule has 0 spiro atoms. The lowest BCUT2D eigenvalue weighted by molar-refractivity contribution is -0.185. The molecule has 0 bridgehead atoms. The summed E-state index contributed by atoms with van der Waals surface area (Å²) < 4.78 is 58.5. The summed E-state index contributed by atoms with van der Waals surface area (Å²) in [7, 11) is 0. The molecule has 0 radical (unpaired) electrons. The molecule has 0 saturated carbocycles. The first-order chi connectivity index (χ1) is 9.74. The van der Waals surface area contributed by atoms with Crippen LogP contribution in [0.1, 0.15) is 6.42 Å². The summed E-state index contributed by atoms with van der Waals surface area (Å²) in [5, 5.41) is 8.75. The Morgan fingerprint density at radius 2 is 1.86 bits per heavy atom. The van der Waals surface area contributed by atoms with Crippen LogP contribution in [0.2, 0.25) is 0 Å². The van der Waals surface area contributed by atoms with Crippen LogP contribution in [-0.2, 0) is 19.1 Å². The normalized spacial score (nSPS) is 18.5. The first-order valence-corrected chi connectivity index (χ1v) is 6.10. The Hall–Kier alpha value is -1.42. The SMILES string of the molecule is O=C(O)CC(C(=O)OCC(F)(F)C(F)F)N1CCOCC1. The number of morpholine rings is 1. The summed E-state index contributed by atoms with van der Waals surface area (Å²) >= 11 is 0. The summed E-state index contributed by atoms with van der Waals surface area (Å²) in [6.45, 7) is -0.853. The van der Waals surface area contributed by atoms with Gasteiger partial charge in [0.05, 0.1) is 19.6 Å². The van der Waals surface area contributed by atoms with Crippen LogP contribution in [0.25, 0.3) is 0 Å². The molecule has 0 aromatic carbocycles. The van der Waals surface area contributed by atoms with Gasteiger partial charge in [-0.2, -0.15) is 8.78 Å². The zero-order valence-electron chi connectivity index (χ0n) is 10.9. The summed E-state index contributed by atoms with van der Waals surface area (Å²) in [5.41, 5.74) is 0. The van der Waals surface area contributed by atoms with Crippen LogP contribution in [0.5, 0.6) is 0 Å². The molecule has 1 aliphatic heterocycles. The van der Waals surface area contributed by atoms with E-state index in [-0.39, 0.29) is 26.3 Å². The number of aliphatic carboxylic acids is 1. The fourth-order valence-corrected chi connectivity index (χ4v) is 1.74. The number of carboxylic acids is 1. The minimum atomic E-state index is -4.46. The molecule has 1 N–H and O–H groups in total. The number of hydrogen-bond acceptors (Lipinski definition) is 5. The summed E-state index contributed by atoms with van der Waals surface area (Å²) in [6.07, 6.45) is -4.63. The van der Waals surface area contributed by atoms with Crippen LogP contribution in [0.3, 0.4) is 0 Å². The Morgan fingerprint density at radius 1 is 1.29 bits per heavy atom. The van der Waals surface area contributed by atoms with Gasteiger partial charge in [0.1, 0.15) is 6.04 Å². The van der Waals surface area contributed by atoms with Gasteiger partial charge in [-0.05, 0) is 0 Å². The lowest BCUT2D eigenvalue weighted by Gasteiger charge is -2.32. The van der Waals surface area contributed by atoms with E-state index in [4.69, 9.17) is 9.84 Å². The zero-order chi connectivity index (χ0) is 16.0. The summed E-state index contributed by atoms with van der Waals surface area (Å²) in [6, 6.07) is -1.31. The van der Waals surface area contributed by atoms with E-state index in [0.717, 1.165) is 0 Å². The van der Waals surface area contributed by atoms with Gasteiger partial charge in [0, 0.05) is 13.1 Å². The first kappa shape index (κ1) is 17.6. The lowest BCUT2D eigenvalue weighted by Crippen LogP contribution is -2.49. The molecule has 1 heterocycles. The second-order valence-corrected chi connectivity index (χ2v) is 4.43. The van der Waals surface area contributed by atoms with Gasteiger partial charge in [0.2, 0.25) is 0 Å². The number of esters is 1. The van der Waals surface area contributed by atoms with Crippen LogP contribution in [-0.4, -0.2) is 73.2 Å². The Bertz CT molecular complexity index is 374. The van der Waals surface area contributed by atoms with Gasteiger partial charge in [-0.1, -0.05) is 0 Å². The number of carboxylic acid groups (broad SMARTS) is 1. The van der Waals surface area contributed by atoms with Crippen molar-refractivity contribution in [2.75, 3.05) is 32.9 Å². The number of alkyl halides is 4. The standard InChI is InChI=1S/C11H15F4NO5/c12-10(13)11(14,15)6-21-9(19)7(5-8(17)18)16-1-3-20-4-2-16/h7,10H,1-6H2,(H,17,18). The van der Waals surface area contributed by atoms with Crippen LogP contribution in [0, 0.1) is 0 Å².